The molecule has 0 heterocycles. The molecule has 1 aliphatic carbocycles. The summed E-state index contributed by atoms with van der Waals surface area (Å²) < 4.78 is 1.15. The SMILES string of the molecule is CCNC(=NCCCc1cccc(Br)c1)NC1CC1. The fourth-order valence-electron chi connectivity index (χ4n) is 1.91. The number of guanidine groups is 1. The van der Waals surface area contributed by atoms with E-state index in [2.05, 4.69) is 62.7 Å². The summed E-state index contributed by atoms with van der Waals surface area (Å²) in [5.41, 5.74) is 1.37. The van der Waals surface area contributed by atoms with Gasteiger partial charge < -0.3 is 10.6 Å². The number of halogens is 1. The van der Waals surface area contributed by atoms with Crippen molar-refractivity contribution in [1.29, 1.82) is 0 Å². The van der Waals surface area contributed by atoms with Crippen LogP contribution in [0.3, 0.4) is 0 Å². The van der Waals surface area contributed by atoms with E-state index in [1.807, 2.05) is 0 Å². The highest BCUT2D eigenvalue weighted by Gasteiger charge is 2.21. The minimum absolute atomic E-state index is 0.655. The van der Waals surface area contributed by atoms with E-state index in [1.165, 1.54) is 18.4 Å². The Bertz CT molecular complexity index is 427. The fraction of sp³-hybridized carbons (Fsp3) is 0.533. The quantitative estimate of drug-likeness (QED) is 0.479. The first kappa shape index (κ1) is 14.4. The molecule has 104 valence electrons. The van der Waals surface area contributed by atoms with Gasteiger partial charge in [-0.15, -0.1) is 0 Å². The van der Waals surface area contributed by atoms with Crippen LogP contribution < -0.4 is 10.6 Å². The molecule has 0 atom stereocenters. The number of rotatable bonds is 6. The van der Waals surface area contributed by atoms with Gasteiger partial charge >= 0.3 is 0 Å². The Morgan fingerprint density at radius 3 is 2.95 bits per heavy atom. The number of hydrogen-bond donors (Lipinski definition) is 2. The summed E-state index contributed by atoms with van der Waals surface area (Å²) in [5.74, 6) is 0.972. The van der Waals surface area contributed by atoms with Gasteiger partial charge in [-0.25, -0.2) is 0 Å². The fourth-order valence-corrected chi connectivity index (χ4v) is 2.35. The van der Waals surface area contributed by atoms with Gasteiger partial charge in [0.2, 0.25) is 0 Å². The van der Waals surface area contributed by atoms with Crippen molar-refractivity contribution in [2.75, 3.05) is 13.1 Å². The lowest BCUT2D eigenvalue weighted by atomic mass is 10.1. The Balaban J connectivity index is 1.73. The maximum Gasteiger partial charge on any atom is 0.191 e. The normalized spacial score (nSPS) is 15.4. The van der Waals surface area contributed by atoms with Gasteiger partial charge in [0.15, 0.2) is 5.96 Å². The second-order valence-corrected chi connectivity index (χ2v) is 5.83. The van der Waals surface area contributed by atoms with Crippen molar-refractivity contribution < 1.29 is 0 Å². The standard InChI is InChI=1S/C15H22BrN3/c1-2-17-15(19-14-8-9-14)18-10-4-6-12-5-3-7-13(16)11-12/h3,5,7,11,14H,2,4,6,8-10H2,1H3,(H2,17,18,19). The minimum atomic E-state index is 0.655. The lowest BCUT2D eigenvalue weighted by Crippen LogP contribution is -2.38. The molecule has 19 heavy (non-hydrogen) atoms. The van der Waals surface area contributed by atoms with Crippen LogP contribution in [0.4, 0.5) is 0 Å². The molecule has 0 bridgehead atoms. The van der Waals surface area contributed by atoms with Gasteiger partial charge in [0.05, 0.1) is 0 Å². The zero-order valence-electron chi connectivity index (χ0n) is 11.5. The number of nitrogens with one attached hydrogen (secondary N) is 2. The third-order valence-electron chi connectivity index (χ3n) is 3.04. The van der Waals surface area contributed by atoms with Crippen LogP contribution in [-0.2, 0) is 6.42 Å². The van der Waals surface area contributed by atoms with Crippen LogP contribution in [-0.4, -0.2) is 25.1 Å². The first-order chi connectivity index (χ1) is 9.28. The third kappa shape index (κ3) is 5.64. The summed E-state index contributed by atoms with van der Waals surface area (Å²) in [5, 5.41) is 6.72. The van der Waals surface area contributed by atoms with E-state index in [4.69, 9.17) is 0 Å². The predicted octanol–water partition coefficient (Wildman–Crippen LogP) is 3.10. The number of benzene rings is 1. The summed E-state index contributed by atoms with van der Waals surface area (Å²) in [6.07, 6.45) is 4.72. The maximum atomic E-state index is 4.61. The van der Waals surface area contributed by atoms with Crippen LogP contribution in [0.1, 0.15) is 31.7 Å². The molecule has 0 saturated heterocycles. The molecule has 1 aromatic carbocycles. The topological polar surface area (TPSA) is 36.4 Å². The zero-order chi connectivity index (χ0) is 13.5. The average Bonchev–Trinajstić information content (AvgIpc) is 3.19. The van der Waals surface area contributed by atoms with Gasteiger partial charge in [0.1, 0.15) is 0 Å². The maximum absolute atomic E-state index is 4.61. The van der Waals surface area contributed by atoms with Crippen molar-refractivity contribution in [2.45, 2.75) is 38.6 Å². The second kappa shape index (κ2) is 7.53. The average molecular weight is 324 g/mol. The molecule has 1 aliphatic rings. The first-order valence-corrected chi connectivity index (χ1v) is 7.86. The highest BCUT2D eigenvalue weighted by Crippen LogP contribution is 2.18. The number of nitrogens with zero attached hydrogens (tertiary/aromatic N) is 1. The third-order valence-corrected chi connectivity index (χ3v) is 3.54. The molecular weight excluding hydrogens is 302 g/mol. The lowest BCUT2D eigenvalue weighted by Gasteiger charge is -2.10. The van der Waals surface area contributed by atoms with Crippen LogP contribution in [0, 0.1) is 0 Å². The smallest absolute Gasteiger partial charge is 0.191 e. The van der Waals surface area contributed by atoms with Crippen molar-refractivity contribution in [2.24, 2.45) is 4.99 Å². The summed E-state index contributed by atoms with van der Waals surface area (Å²) in [6, 6.07) is 9.15. The number of aliphatic imine (C=N–C) groups is 1. The number of hydrogen-bond acceptors (Lipinski definition) is 1. The predicted molar refractivity (Wildman–Crippen MR) is 84.6 cm³/mol. The Labute approximate surface area is 124 Å². The molecule has 0 aromatic heterocycles. The molecule has 0 amide bonds. The van der Waals surface area contributed by atoms with E-state index >= 15 is 0 Å². The summed E-state index contributed by atoms with van der Waals surface area (Å²) in [4.78, 5) is 4.61. The molecule has 0 aliphatic heterocycles. The summed E-state index contributed by atoms with van der Waals surface area (Å²) in [6.45, 7) is 3.89. The van der Waals surface area contributed by atoms with E-state index in [9.17, 15) is 0 Å². The second-order valence-electron chi connectivity index (χ2n) is 4.91. The van der Waals surface area contributed by atoms with E-state index in [0.717, 1.165) is 36.4 Å². The van der Waals surface area contributed by atoms with Gasteiger partial charge in [0.25, 0.3) is 0 Å². The molecule has 0 radical (unpaired) electrons. The Morgan fingerprint density at radius 1 is 1.42 bits per heavy atom. The lowest BCUT2D eigenvalue weighted by molar-refractivity contribution is 0.782. The molecule has 1 aromatic rings. The molecule has 4 heteroatoms. The molecule has 0 unspecified atom stereocenters. The van der Waals surface area contributed by atoms with Crippen LogP contribution in [0.25, 0.3) is 0 Å². The van der Waals surface area contributed by atoms with Crippen LogP contribution in [0.5, 0.6) is 0 Å². The summed E-state index contributed by atoms with van der Waals surface area (Å²) >= 11 is 3.50. The highest BCUT2D eigenvalue weighted by atomic mass is 79.9. The van der Waals surface area contributed by atoms with Crippen molar-refractivity contribution in [3.8, 4) is 0 Å². The monoisotopic (exact) mass is 323 g/mol. The van der Waals surface area contributed by atoms with Crippen molar-refractivity contribution >= 4 is 21.9 Å². The van der Waals surface area contributed by atoms with Crippen molar-refractivity contribution in [1.82, 2.24) is 10.6 Å². The van der Waals surface area contributed by atoms with Crippen LogP contribution in [0.2, 0.25) is 0 Å². The van der Waals surface area contributed by atoms with Crippen LogP contribution in [0.15, 0.2) is 33.7 Å². The zero-order valence-corrected chi connectivity index (χ0v) is 13.0. The first-order valence-electron chi connectivity index (χ1n) is 7.07. The Hall–Kier alpha value is -1.03. The van der Waals surface area contributed by atoms with Gasteiger partial charge in [-0.05, 0) is 50.3 Å². The molecular formula is C15H22BrN3. The van der Waals surface area contributed by atoms with Gasteiger partial charge in [-0.1, -0.05) is 28.1 Å². The number of aryl methyl sites for hydroxylation is 1. The Kier molecular flexibility index (Phi) is 5.70. The Morgan fingerprint density at radius 2 is 2.26 bits per heavy atom. The van der Waals surface area contributed by atoms with E-state index in [-0.39, 0.29) is 0 Å². The van der Waals surface area contributed by atoms with E-state index < -0.39 is 0 Å². The molecule has 1 saturated carbocycles. The van der Waals surface area contributed by atoms with Crippen LogP contribution >= 0.6 is 15.9 Å². The van der Waals surface area contributed by atoms with Crippen molar-refractivity contribution in [3.05, 3.63) is 34.3 Å². The molecule has 2 N–H and O–H groups in total. The van der Waals surface area contributed by atoms with Gasteiger partial charge in [-0.2, -0.15) is 0 Å². The van der Waals surface area contributed by atoms with Crippen molar-refractivity contribution in [3.63, 3.8) is 0 Å². The van der Waals surface area contributed by atoms with Gasteiger partial charge in [-0.3, -0.25) is 4.99 Å². The van der Waals surface area contributed by atoms with E-state index in [0.29, 0.717) is 6.04 Å². The molecule has 1 fully saturated rings. The molecule has 0 spiro atoms. The van der Waals surface area contributed by atoms with Gasteiger partial charge in [0, 0.05) is 23.6 Å². The van der Waals surface area contributed by atoms with E-state index in [1.54, 1.807) is 0 Å². The molecule has 2 rings (SSSR count). The largest absolute Gasteiger partial charge is 0.357 e. The summed E-state index contributed by atoms with van der Waals surface area (Å²) in [7, 11) is 0. The minimum Gasteiger partial charge on any atom is -0.357 e. The molecule has 3 nitrogen and oxygen atoms in total. The highest BCUT2D eigenvalue weighted by molar-refractivity contribution is 9.10.